The molecular formula is C11H21Cl2SiZr-3. The maximum atomic E-state index is 2.37. The summed E-state index contributed by atoms with van der Waals surface area (Å²) in [7, 11) is 0. The van der Waals surface area contributed by atoms with Gasteiger partial charge >= 0.3 is 30.2 Å². The Labute approximate surface area is 124 Å². The molecule has 1 fully saturated rings. The number of halogens is 2. The molecule has 2 aliphatic rings. The molecule has 15 heavy (non-hydrogen) atoms. The van der Waals surface area contributed by atoms with Crippen molar-refractivity contribution >= 4 is 31.7 Å². The van der Waals surface area contributed by atoms with Gasteiger partial charge in [0.15, 0.2) is 0 Å². The molecule has 0 bridgehead atoms. The zero-order valence-electron chi connectivity index (χ0n) is 9.53. The number of rotatable bonds is 0. The van der Waals surface area contributed by atoms with Gasteiger partial charge in [-0.05, 0) is 12.3 Å². The molecule has 0 aromatic carbocycles. The van der Waals surface area contributed by atoms with E-state index in [-0.39, 0.29) is 39.7 Å². The first-order valence-electron chi connectivity index (χ1n) is 4.02. The first-order valence-corrected chi connectivity index (χ1v) is 9.94. The topological polar surface area (TPSA) is 0 Å². The molecule has 0 aromatic heterocycles. The predicted octanol–water partition coefficient (Wildman–Crippen LogP) is 3.31. The minimum absolute atomic E-state index is 0. The molecule has 0 aliphatic heterocycles. The Morgan fingerprint density at radius 3 is 2.40 bits per heavy atom. The summed E-state index contributed by atoms with van der Waals surface area (Å²) < 4.78 is 0. The van der Waals surface area contributed by atoms with Crippen molar-refractivity contribution in [3.05, 3.63) is 45.1 Å². The van der Waals surface area contributed by atoms with E-state index in [0.717, 1.165) is 5.92 Å². The second kappa shape index (κ2) is 15.0. The van der Waals surface area contributed by atoms with Gasteiger partial charge in [-0.15, -0.1) is 43.4 Å². The van der Waals surface area contributed by atoms with Crippen LogP contribution >= 0.6 is 24.8 Å². The molecule has 4 heteroatoms. The van der Waals surface area contributed by atoms with Gasteiger partial charge in [0.05, 0.1) is 0 Å². The van der Waals surface area contributed by atoms with E-state index in [2.05, 4.69) is 24.6 Å². The van der Waals surface area contributed by atoms with Gasteiger partial charge in [0.25, 0.3) is 0 Å². The van der Waals surface area contributed by atoms with Crippen molar-refractivity contribution in [2.75, 3.05) is 0 Å². The third kappa shape index (κ3) is 7.85. The molecule has 2 aliphatic carbocycles. The van der Waals surface area contributed by atoms with Gasteiger partial charge in [0.1, 0.15) is 0 Å². The summed E-state index contributed by atoms with van der Waals surface area (Å²) in [6, 6.07) is 0. The van der Waals surface area contributed by atoms with Gasteiger partial charge in [0, 0.05) is 0 Å². The third-order valence-corrected chi connectivity index (χ3v) is 2.21. The summed E-state index contributed by atoms with van der Waals surface area (Å²) >= 11 is 1.58. The van der Waals surface area contributed by atoms with Gasteiger partial charge in [-0.3, -0.25) is 0 Å². The molecule has 2 rings (SSSR count). The van der Waals surface area contributed by atoms with E-state index in [0.29, 0.717) is 0 Å². The summed E-state index contributed by atoms with van der Waals surface area (Å²) in [5, 5.41) is 0. The van der Waals surface area contributed by atoms with E-state index in [4.69, 9.17) is 0 Å². The molecule has 0 heterocycles. The van der Waals surface area contributed by atoms with Crippen molar-refractivity contribution in [3.63, 3.8) is 0 Å². The Morgan fingerprint density at radius 1 is 1.27 bits per heavy atom. The zero-order valence-corrected chi connectivity index (χ0v) is 15.0. The molecule has 0 radical (unpaired) electrons. The molecule has 0 N–H and O–H groups in total. The van der Waals surface area contributed by atoms with Crippen LogP contribution in [0.2, 0.25) is 0 Å². The average Bonchev–Trinajstić information content (AvgIpc) is 2.55. The van der Waals surface area contributed by atoms with Gasteiger partial charge in [-0.25, -0.2) is 18.1 Å². The Morgan fingerprint density at radius 2 is 1.87 bits per heavy atom. The van der Waals surface area contributed by atoms with Crippen LogP contribution in [0.4, 0.5) is 0 Å². The second-order valence-corrected chi connectivity index (χ2v) is 2.81. The Bertz CT molecular complexity index is 193. The van der Waals surface area contributed by atoms with Gasteiger partial charge in [-0.1, -0.05) is 6.42 Å². The van der Waals surface area contributed by atoms with E-state index in [9.17, 15) is 0 Å². The predicted molar refractivity (Wildman–Crippen MR) is 74.7 cm³/mol. The maximum absolute atomic E-state index is 2.37. The Balaban J connectivity index is -0.0000000959. The van der Waals surface area contributed by atoms with Crippen LogP contribution < -0.4 is 0 Å². The van der Waals surface area contributed by atoms with Crippen LogP contribution in [0.3, 0.4) is 0 Å². The van der Waals surface area contributed by atoms with Crippen molar-refractivity contribution in [1.82, 2.24) is 0 Å². The Hall–Kier alpha value is 1.03. The number of hydrogen-bond donors (Lipinski definition) is 0. The molecule has 1 unspecified atom stereocenters. The molecule has 0 aromatic rings. The minimum atomic E-state index is 0. The zero-order chi connectivity index (χ0) is 8.10. The number of allylic oxidation sites excluding steroid dienone is 4. The monoisotopic (exact) mass is 341 g/mol. The SMILES string of the molecule is C1=CCC2CC[CH-]C2=C1.Cl.Cl.[CH3-].[CH3-].[SiH2]=[Zr]. The molecule has 1 atom stereocenters. The van der Waals surface area contributed by atoms with E-state index in [1.807, 2.05) is 6.88 Å². The van der Waals surface area contributed by atoms with E-state index < -0.39 is 0 Å². The van der Waals surface area contributed by atoms with Crippen LogP contribution in [0.5, 0.6) is 0 Å². The first-order chi connectivity index (χ1) is 5.47. The number of fused-ring (bicyclic) bond motifs is 1. The molecule has 0 amide bonds. The molecule has 0 nitrogen and oxygen atoms in total. The summed E-state index contributed by atoms with van der Waals surface area (Å²) in [4.78, 5) is 0. The summed E-state index contributed by atoms with van der Waals surface area (Å²) in [6.07, 6.45) is 13.0. The quantitative estimate of drug-likeness (QED) is 0.468. The average molecular weight is 344 g/mol. The van der Waals surface area contributed by atoms with Gasteiger partial charge in [0.2, 0.25) is 0 Å². The summed E-state index contributed by atoms with van der Waals surface area (Å²) in [5.41, 5.74) is 1.58. The van der Waals surface area contributed by atoms with Crippen LogP contribution in [-0.2, 0) is 23.3 Å². The molecular weight excluding hydrogens is 322 g/mol. The van der Waals surface area contributed by atoms with Crippen LogP contribution in [0.15, 0.2) is 23.8 Å². The molecule has 0 spiro atoms. The van der Waals surface area contributed by atoms with Crippen molar-refractivity contribution in [3.8, 4) is 0 Å². The van der Waals surface area contributed by atoms with Crippen molar-refractivity contribution in [1.29, 1.82) is 0 Å². The fourth-order valence-electron chi connectivity index (χ4n) is 1.66. The van der Waals surface area contributed by atoms with Crippen LogP contribution in [-0.4, -0.2) is 6.88 Å². The van der Waals surface area contributed by atoms with E-state index in [1.54, 1.807) is 28.9 Å². The van der Waals surface area contributed by atoms with Gasteiger partial charge in [-0.2, -0.15) is 0 Å². The fraction of sp³-hybridized carbons (Fsp3) is 0.364. The second-order valence-electron chi connectivity index (χ2n) is 2.81. The fourth-order valence-corrected chi connectivity index (χ4v) is 1.66. The molecule has 0 saturated heterocycles. The standard InChI is InChI=1S/C9H11.2CH3.2ClH.H2Si.Zr/c1-2-5-9-7-3-6-8(9)4-1;;;;;;/h1-2,4,6,9H,3,5,7H2;2*1H3;2*1H;1H2;/q3*-1;;;;. The van der Waals surface area contributed by atoms with Crippen molar-refractivity contribution in [2.24, 2.45) is 5.92 Å². The van der Waals surface area contributed by atoms with E-state index >= 15 is 0 Å². The Kier molecular flexibility index (Phi) is 25.1. The molecule has 90 valence electrons. The summed E-state index contributed by atoms with van der Waals surface area (Å²) in [6.45, 7) is 1.95. The summed E-state index contributed by atoms with van der Waals surface area (Å²) in [5.74, 6) is 0.884. The van der Waals surface area contributed by atoms with Crippen molar-refractivity contribution in [2.45, 2.75) is 19.3 Å². The number of hydrogen-bond acceptors (Lipinski definition) is 0. The third-order valence-electron chi connectivity index (χ3n) is 2.21. The van der Waals surface area contributed by atoms with Gasteiger partial charge < -0.3 is 14.9 Å². The molecule has 1 saturated carbocycles. The van der Waals surface area contributed by atoms with Crippen molar-refractivity contribution < 1.29 is 23.3 Å². The first kappa shape index (κ1) is 25.0. The normalized spacial score (nSPS) is 18.9. The van der Waals surface area contributed by atoms with Crippen LogP contribution in [0.1, 0.15) is 19.3 Å². The van der Waals surface area contributed by atoms with E-state index in [1.165, 1.54) is 19.3 Å². The van der Waals surface area contributed by atoms with Crippen LogP contribution in [0.25, 0.3) is 0 Å². The van der Waals surface area contributed by atoms with Crippen LogP contribution in [0, 0.1) is 27.2 Å².